The van der Waals surface area contributed by atoms with E-state index in [-0.39, 0.29) is 94.0 Å². The molecule has 0 heterocycles. The Balaban J connectivity index is -0.000000250. The fourth-order valence-corrected chi connectivity index (χ4v) is 3.96. The summed E-state index contributed by atoms with van der Waals surface area (Å²) in [6.07, 6.45) is -0.102. The molecule has 0 bridgehead atoms. The van der Waals surface area contributed by atoms with Crippen molar-refractivity contribution in [2.45, 2.75) is 63.1 Å². The second-order valence-electron chi connectivity index (χ2n) is 6.63. The SMILES string of the molecule is CC(=O)N[C@@H](CSC(C)CC(=O)O)C(=O)[O-].CC(=O)N[C@@H](CSC(C)CC(=O)O)C(=O)[O-].[Na+].[Na+]. The number of amides is 2. The van der Waals surface area contributed by atoms with E-state index in [9.17, 15) is 39.0 Å². The maximum atomic E-state index is 10.7. The maximum absolute atomic E-state index is 10.7. The van der Waals surface area contributed by atoms with Crippen LogP contribution in [0.2, 0.25) is 0 Å². The summed E-state index contributed by atoms with van der Waals surface area (Å²) in [4.78, 5) is 63.3. The summed E-state index contributed by atoms with van der Waals surface area (Å²) in [6.45, 7) is 5.78. The molecule has 0 radical (unpaired) electrons. The Morgan fingerprint density at radius 3 is 1.15 bits per heavy atom. The van der Waals surface area contributed by atoms with Crippen molar-refractivity contribution in [2.75, 3.05) is 11.5 Å². The van der Waals surface area contributed by atoms with Gasteiger partial charge in [0.1, 0.15) is 0 Å². The van der Waals surface area contributed by atoms with Crippen molar-refractivity contribution >= 4 is 59.2 Å². The predicted octanol–water partition coefficient (Wildman–Crippen LogP) is -8.32. The normalized spacial score (nSPS) is 13.1. The standard InChI is InChI=1S/2C9H15NO5S.2Na/c2*1-5(3-8(12)13)16-4-7(9(14)15)10-6(2)11;;/h2*5,7H,3-4H2,1-2H3,(H,10,11)(H,12,13)(H,14,15);;/q;;2*+1/p-2/t2*5?,7-;;/m00../s1. The molecule has 4 N–H and O–H groups in total. The van der Waals surface area contributed by atoms with Crippen LogP contribution in [-0.2, 0) is 28.8 Å². The largest absolute Gasteiger partial charge is 1.00 e. The van der Waals surface area contributed by atoms with Crippen LogP contribution in [0.3, 0.4) is 0 Å². The van der Waals surface area contributed by atoms with Crippen molar-refractivity contribution in [2.24, 2.45) is 0 Å². The van der Waals surface area contributed by atoms with Crippen molar-refractivity contribution in [1.29, 1.82) is 0 Å². The summed E-state index contributed by atoms with van der Waals surface area (Å²) in [6, 6.07) is -2.17. The Hall–Kier alpha value is -0.480. The van der Waals surface area contributed by atoms with E-state index < -0.39 is 47.8 Å². The topological polar surface area (TPSA) is 213 Å². The first-order chi connectivity index (χ1) is 14.6. The molecule has 12 nitrogen and oxygen atoms in total. The molecule has 0 aliphatic carbocycles. The third kappa shape index (κ3) is 26.1. The van der Waals surface area contributed by atoms with Gasteiger partial charge in [-0.25, -0.2) is 0 Å². The Morgan fingerprint density at radius 2 is 0.971 bits per heavy atom. The van der Waals surface area contributed by atoms with Gasteiger partial charge in [-0.05, 0) is 0 Å². The summed E-state index contributed by atoms with van der Waals surface area (Å²) in [7, 11) is 0. The molecular formula is C18H28N2Na2O10S2. The van der Waals surface area contributed by atoms with Gasteiger partial charge in [0.2, 0.25) is 11.8 Å². The number of carbonyl (C=O) groups excluding carboxylic acids is 4. The zero-order valence-corrected chi connectivity index (χ0v) is 25.7. The van der Waals surface area contributed by atoms with E-state index >= 15 is 0 Å². The Labute approximate surface area is 250 Å². The number of rotatable bonds is 14. The molecule has 34 heavy (non-hydrogen) atoms. The zero-order valence-electron chi connectivity index (χ0n) is 20.1. The molecule has 2 unspecified atom stereocenters. The van der Waals surface area contributed by atoms with E-state index in [1.165, 1.54) is 37.4 Å². The summed E-state index contributed by atoms with van der Waals surface area (Å²) >= 11 is 2.33. The quantitative estimate of drug-likeness (QED) is 0.151. The van der Waals surface area contributed by atoms with Crippen molar-refractivity contribution in [1.82, 2.24) is 10.6 Å². The first-order valence-electron chi connectivity index (χ1n) is 9.28. The van der Waals surface area contributed by atoms with Crippen LogP contribution in [0, 0.1) is 0 Å². The van der Waals surface area contributed by atoms with Gasteiger partial charge >= 0.3 is 71.1 Å². The van der Waals surface area contributed by atoms with Gasteiger partial charge in [0.25, 0.3) is 0 Å². The number of thioether (sulfide) groups is 2. The van der Waals surface area contributed by atoms with Gasteiger partial charge in [0, 0.05) is 35.9 Å². The molecule has 16 heteroatoms. The number of hydrogen-bond donors (Lipinski definition) is 4. The second kappa shape index (κ2) is 23.0. The average molecular weight is 543 g/mol. The summed E-state index contributed by atoms with van der Waals surface area (Å²) in [5, 5.41) is 42.2. The first-order valence-corrected chi connectivity index (χ1v) is 11.4. The molecule has 4 atom stereocenters. The van der Waals surface area contributed by atoms with Crippen LogP contribution in [0.1, 0.15) is 40.5 Å². The predicted molar refractivity (Wildman–Crippen MR) is 114 cm³/mol. The van der Waals surface area contributed by atoms with Gasteiger partial charge in [-0.3, -0.25) is 19.2 Å². The molecule has 0 saturated carbocycles. The van der Waals surface area contributed by atoms with E-state index in [1.54, 1.807) is 13.8 Å². The van der Waals surface area contributed by atoms with Gasteiger partial charge in [-0.15, -0.1) is 0 Å². The van der Waals surface area contributed by atoms with Crippen molar-refractivity contribution in [3.63, 3.8) is 0 Å². The molecule has 0 spiro atoms. The van der Waals surface area contributed by atoms with Crippen molar-refractivity contribution < 1.29 is 108 Å². The number of aliphatic carboxylic acids is 4. The molecule has 0 aromatic carbocycles. The van der Waals surface area contributed by atoms with Crippen LogP contribution in [0.25, 0.3) is 0 Å². The summed E-state index contributed by atoms with van der Waals surface area (Å²) in [5.41, 5.74) is 0. The molecule has 184 valence electrons. The number of carboxylic acids is 4. The van der Waals surface area contributed by atoms with Gasteiger partial charge in [-0.1, -0.05) is 13.8 Å². The second-order valence-corrected chi connectivity index (χ2v) is 9.57. The van der Waals surface area contributed by atoms with Gasteiger partial charge in [0.15, 0.2) is 0 Å². The van der Waals surface area contributed by atoms with E-state index in [1.807, 2.05) is 0 Å². The Morgan fingerprint density at radius 1 is 0.706 bits per heavy atom. The number of nitrogens with one attached hydrogen (secondary N) is 2. The molecule has 0 saturated heterocycles. The van der Waals surface area contributed by atoms with E-state index in [2.05, 4.69) is 10.6 Å². The van der Waals surface area contributed by atoms with Crippen LogP contribution in [0.5, 0.6) is 0 Å². The third-order valence-electron chi connectivity index (χ3n) is 3.34. The molecule has 0 aromatic rings. The van der Waals surface area contributed by atoms with Crippen LogP contribution in [-0.4, -0.2) is 80.0 Å². The molecule has 0 aliphatic heterocycles. The number of carboxylic acid groups (broad SMARTS) is 4. The van der Waals surface area contributed by atoms with E-state index in [0.717, 1.165) is 0 Å². The van der Waals surface area contributed by atoms with Crippen LogP contribution >= 0.6 is 23.5 Å². The van der Waals surface area contributed by atoms with Crippen LogP contribution < -0.4 is 80.0 Å². The molecule has 0 aromatic heterocycles. The smallest absolute Gasteiger partial charge is 0.548 e. The average Bonchev–Trinajstić information content (AvgIpc) is 2.60. The summed E-state index contributed by atoms with van der Waals surface area (Å²) in [5.74, 6) is -5.35. The van der Waals surface area contributed by atoms with Gasteiger partial charge < -0.3 is 40.6 Å². The zero-order chi connectivity index (χ0) is 25.4. The molecule has 2 amide bonds. The summed E-state index contributed by atoms with van der Waals surface area (Å²) < 4.78 is 0. The fraction of sp³-hybridized carbons (Fsp3) is 0.667. The monoisotopic (exact) mass is 542 g/mol. The van der Waals surface area contributed by atoms with Crippen molar-refractivity contribution in [3.8, 4) is 0 Å². The molecule has 0 aliphatic rings. The Bertz CT molecular complexity index is 629. The van der Waals surface area contributed by atoms with Crippen molar-refractivity contribution in [3.05, 3.63) is 0 Å². The molecule has 0 rings (SSSR count). The van der Waals surface area contributed by atoms with E-state index in [4.69, 9.17) is 10.2 Å². The third-order valence-corrected chi connectivity index (χ3v) is 5.87. The number of hydrogen-bond acceptors (Lipinski definition) is 10. The first kappa shape index (κ1) is 40.7. The maximum Gasteiger partial charge on any atom is 1.00 e. The van der Waals surface area contributed by atoms with Crippen LogP contribution in [0.4, 0.5) is 0 Å². The minimum absolute atomic E-state index is 0. The van der Waals surface area contributed by atoms with Gasteiger partial charge in [0.05, 0.1) is 36.9 Å². The van der Waals surface area contributed by atoms with Crippen LogP contribution in [0.15, 0.2) is 0 Å². The molecule has 0 fully saturated rings. The number of carbonyl (C=O) groups is 6. The minimum atomic E-state index is -1.37. The Kier molecular flexibility index (Phi) is 27.5. The minimum Gasteiger partial charge on any atom is -0.548 e. The molecular weight excluding hydrogens is 514 g/mol. The van der Waals surface area contributed by atoms with E-state index in [0.29, 0.717) is 0 Å². The van der Waals surface area contributed by atoms with Gasteiger partial charge in [-0.2, -0.15) is 23.5 Å². The fourth-order valence-electron chi connectivity index (χ4n) is 1.96.